The van der Waals surface area contributed by atoms with Crippen LogP contribution in [0.3, 0.4) is 0 Å². The fourth-order valence-corrected chi connectivity index (χ4v) is 4.02. The number of piperidine rings is 1. The summed E-state index contributed by atoms with van der Waals surface area (Å²) in [5, 5.41) is 0. The number of rotatable bonds is 3. The summed E-state index contributed by atoms with van der Waals surface area (Å²) >= 11 is 0. The van der Waals surface area contributed by atoms with Crippen molar-refractivity contribution in [2.75, 3.05) is 13.1 Å². The number of hydrogen-bond acceptors (Lipinski definition) is 3. The van der Waals surface area contributed by atoms with Crippen LogP contribution >= 0.6 is 12.4 Å². The van der Waals surface area contributed by atoms with Crippen molar-refractivity contribution >= 4 is 22.4 Å². The summed E-state index contributed by atoms with van der Waals surface area (Å²) in [5.41, 5.74) is 6.97. The SMILES string of the molecule is Cc1ccc(S(=O)(=O)N2CCCC(C(C)N)C2)cc1.Cl. The molecule has 1 saturated heterocycles. The lowest BCUT2D eigenvalue weighted by atomic mass is 9.93. The Morgan fingerprint density at radius 2 is 1.90 bits per heavy atom. The molecule has 2 atom stereocenters. The number of aryl methyl sites for hydroxylation is 1. The molecule has 4 nitrogen and oxygen atoms in total. The Kier molecular flexibility index (Phi) is 6.01. The fraction of sp³-hybridized carbons (Fsp3) is 0.571. The van der Waals surface area contributed by atoms with Crippen LogP contribution < -0.4 is 5.73 Å². The smallest absolute Gasteiger partial charge is 0.243 e. The van der Waals surface area contributed by atoms with E-state index in [9.17, 15) is 8.42 Å². The third-order valence-corrected chi connectivity index (χ3v) is 5.70. The molecule has 1 aromatic carbocycles. The van der Waals surface area contributed by atoms with E-state index in [2.05, 4.69) is 0 Å². The summed E-state index contributed by atoms with van der Waals surface area (Å²) < 4.78 is 26.7. The van der Waals surface area contributed by atoms with Gasteiger partial charge in [0.05, 0.1) is 4.90 Å². The van der Waals surface area contributed by atoms with Crippen LogP contribution in [-0.4, -0.2) is 31.9 Å². The Bertz CT molecular complexity index is 529. The van der Waals surface area contributed by atoms with E-state index < -0.39 is 10.0 Å². The highest BCUT2D eigenvalue weighted by Gasteiger charge is 2.31. The normalized spacial score (nSPS) is 22.1. The molecule has 0 aromatic heterocycles. The van der Waals surface area contributed by atoms with Gasteiger partial charge in [-0.2, -0.15) is 4.31 Å². The summed E-state index contributed by atoms with van der Waals surface area (Å²) in [6.07, 6.45) is 1.90. The van der Waals surface area contributed by atoms with Crippen LogP contribution in [0.5, 0.6) is 0 Å². The van der Waals surface area contributed by atoms with Crippen LogP contribution in [-0.2, 0) is 10.0 Å². The largest absolute Gasteiger partial charge is 0.328 e. The van der Waals surface area contributed by atoms with Crippen molar-refractivity contribution in [1.29, 1.82) is 0 Å². The molecule has 0 aliphatic carbocycles. The van der Waals surface area contributed by atoms with Crippen LogP contribution in [0, 0.1) is 12.8 Å². The molecule has 0 spiro atoms. The summed E-state index contributed by atoms with van der Waals surface area (Å²) in [5.74, 6) is 0.258. The Morgan fingerprint density at radius 3 is 2.45 bits per heavy atom. The lowest BCUT2D eigenvalue weighted by molar-refractivity contribution is 0.243. The molecule has 1 aromatic rings. The Hall–Kier alpha value is -0.620. The lowest BCUT2D eigenvalue weighted by Gasteiger charge is -2.33. The Balaban J connectivity index is 0.00000200. The number of halogens is 1. The van der Waals surface area contributed by atoms with Crippen LogP contribution in [0.1, 0.15) is 25.3 Å². The first kappa shape index (κ1) is 17.4. The molecule has 20 heavy (non-hydrogen) atoms. The third-order valence-electron chi connectivity index (χ3n) is 3.82. The molecule has 0 bridgehead atoms. The molecular weight excluding hydrogens is 296 g/mol. The monoisotopic (exact) mass is 318 g/mol. The number of benzene rings is 1. The fourth-order valence-electron chi connectivity index (χ4n) is 2.48. The van der Waals surface area contributed by atoms with E-state index >= 15 is 0 Å². The molecule has 2 N–H and O–H groups in total. The van der Waals surface area contributed by atoms with Gasteiger partial charge >= 0.3 is 0 Å². The third kappa shape index (κ3) is 3.73. The number of sulfonamides is 1. The molecule has 1 fully saturated rings. The maximum absolute atomic E-state index is 12.6. The van der Waals surface area contributed by atoms with E-state index in [1.54, 1.807) is 16.4 Å². The van der Waals surface area contributed by atoms with Crippen LogP contribution in [0.15, 0.2) is 29.2 Å². The minimum absolute atomic E-state index is 0. The first-order valence-corrected chi connectivity index (χ1v) is 8.17. The first-order chi connectivity index (χ1) is 8.91. The van der Waals surface area contributed by atoms with Gasteiger partial charge in [-0.05, 0) is 44.7 Å². The minimum Gasteiger partial charge on any atom is -0.328 e. The van der Waals surface area contributed by atoms with Crippen LogP contribution in [0.25, 0.3) is 0 Å². The van der Waals surface area contributed by atoms with E-state index in [0.717, 1.165) is 18.4 Å². The molecular formula is C14H23ClN2O2S. The number of nitrogens with two attached hydrogens (primary N) is 1. The van der Waals surface area contributed by atoms with Crippen molar-refractivity contribution in [2.24, 2.45) is 11.7 Å². The average molecular weight is 319 g/mol. The van der Waals surface area contributed by atoms with Gasteiger partial charge in [0.2, 0.25) is 10.0 Å². The molecule has 2 rings (SSSR count). The first-order valence-electron chi connectivity index (χ1n) is 6.73. The Labute approximate surface area is 127 Å². The van der Waals surface area contributed by atoms with Gasteiger partial charge < -0.3 is 5.73 Å². The van der Waals surface area contributed by atoms with Gasteiger partial charge in [0.1, 0.15) is 0 Å². The Morgan fingerprint density at radius 1 is 1.30 bits per heavy atom. The van der Waals surface area contributed by atoms with Crippen molar-refractivity contribution in [3.8, 4) is 0 Å². The predicted molar refractivity (Wildman–Crippen MR) is 83.6 cm³/mol. The van der Waals surface area contributed by atoms with Crippen molar-refractivity contribution in [3.05, 3.63) is 29.8 Å². The van der Waals surface area contributed by atoms with Gasteiger partial charge in [0.15, 0.2) is 0 Å². The van der Waals surface area contributed by atoms with Gasteiger partial charge in [-0.15, -0.1) is 12.4 Å². The van der Waals surface area contributed by atoms with Gasteiger partial charge in [-0.3, -0.25) is 0 Å². The van der Waals surface area contributed by atoms with Gasteiger partial charge in [0.25, 0.3) is 0 Å². The highest BCUT2D eigenvalue weighted by molar-refractivity contribution is 7.89. The molecule has 6 heteroatoms. The second-order valence-corrected chi connectivity index (χ2v) is 7.38. The zero-order valence-electron chi connectivity index (χ0n) is 12.0. The molecule has 0 amide bonds. The maximum Gasteiger partial charge on any atom is 0.243 e. The quantitative estimate of drug-likeness (QED) is 0.929. The van der Waals surface area contributed by atoms with Crippen LogP contribution in [0.2, 0.25) is 0 Å². The van der Waals surface area contributed by atoms with Crippen LogP contribution in [0.4, 0.5) is 0 Å². The zero-order chi connectivity index (χ0) is 14.0. The summed E-state index contributed by atoms with van der Waals surface area (Å²) in [4.78, 5) is 0.378. The number of nitrogens with zero attached hydrogens (tertiary/aromatic N) is 1. The predicted octanol–water partition coefficient (Wildman–Crippen LogP) is 2.16. The molecule has 0 radical (unpaired) electrons. The molecule has 1 aliphatic rings. The van der Waals surface area contributed by atoms with Crippen molar-refractivity contribution in [3.63, 3.8) is 0 Å². The van der Waals surface area contributed by atoms with E-state index in [-0.39, 0.29) is 24.4 Å². The van der Waals surface area contributed by atoms with Gasteiger partial charge in [-0.1, -0.05) is 17.7 Å². The zero-order valence-corrected chi connectivity index (χ0v) is 13.6. The molecule has 2 unspecified atom stereocenters. The van der Waals surface area contributed by atoms with Crippen molar-refractivity contribution in [2.45, 2.75) is 37.6 Å². The second-order valence-electron chi connectivity index (χ2n) is 5.44. The summed E-state index contributed by atoms with van der Waals surface area (Å²) in [6, 6.07) is 7.07. The van der Waals surface area contributed by atoms with Gasteiger partial charge in [0, 0.05) is 19.1 Å². The molecule has 1 heterocycles. The van der Waals surface area contributed by atoms with E-state index in [1.807, 2.05) is 26.0 Å². The topological polar surface area (TPSA) is 63.4 Å². The lowest BCUT2D eigenvalue weighted by Crippen LogP contribution is -2.44. The highest BCUT2D eigenvalue weighted by Crippen LogP contribution is 2.25. The number of hydrogen-bond donors (Lipinski definition) is 1. The van der Waals surface area contributed by atoms with Crippen molar-refractivity contribution < 1.29 is 8.42 Å². The standard InChI is InChI=1S/C14H22N2O2S.ClH/c1-11-5-7-14(8-6-11)19(17,18)16-9-3-4-13(10-16)12(2)15;/h5-8,12-13H,3-4,9-10,15H2,1-2H3;1H. The highest BCUT2D eigenvalue weighted by atomic mass is 35.5. The molecule has 0 saturated carbocycles. The molecule has 114 valence electrons. The van der Waals surface area contributed by atoms with E-state index in [0.29, 0.717) is 18.0 Å². The molecule has 1 aliphatic heterocycles. The van der Waals surface area contributed by atoms with Crippen molar-refractivity contribution in [1.82, 2.24) is 4.31 Å². The van der Waals surface area contributed by atoms with E-state index in [4.69, 9.17) is 5.73 Å². The van der Waals surface area contributed by atoms with E-state index in [1.165, 1.54) is 0 Å². The van der Waals surface area contributed by atoms with Gasteiger partial charge in [-0.25, -0.2) is 8.42 Å². The average Bonchev–Trinajstić information content (AvgIpc) is 2.39. The maximum atomic E-state index is 12.6. The summed E-state index contributed by atoms with van der Waals surface area (Å²) in [7, 11) is -3.37. The summed E-state index contributed by atoms with van der Waals surface area (Å²) in [6.45, 7) is 5.03. The minimum atomic E-state index is -3.37. The second kappa shape index (κ2) is 6.89.